The van der Waals surface area contributed by atoms with Gasteiger partial charge in [0.05, 0.1) is 22.8 Å². The van der Waals surface area contributed by atoms with Crippen LogP contribution in [0.4, 0.5) is 0 Å². The third-order valence-corrected chi connectivity index (χ3v) is 2.32. The van der Waals surface area contributed by atoms with Gasteiger partial charge in [0.15, 0.2) is 0 Å². The highest BCUT2D eigenvalue weighted by Crippen LogP contribution is 2.16. The van der Waals surface area contributed by atoms with E-state index < -0.39 is 6.10 Å². The number of hydrogen-bond acceptors (Lipinski definition) is 3. The minimum atomic E-state index is -0.597. The normalized spacial score (nSPS) is 13.0. The van der Waals surface area contributed by atoms with Gasteiger partial charge in [-0.1, -0.05) is 0 Å². The number of nitrogens with one attached hydrogen (secondary N) is 1. The van der Waals surface area contributed by atoms with E-state index in [1.807, 2.05) is 6.92 Å². The zero-order chi connectivity index (χ0) is 11.0. The largest absolute Gasteiger partial charge is 0.387 e. The Balaban J connectivity index is 2.77. The van der Waals surface area contributed by atoms with Gasteiger partial charge < -0.3 is 10.1 Å². The van der Waals surface area contributed by atoms with Crippen molar-refractivity contribution >= 4 is 11.0 Å². The number of fused-ring (bicyclic) bond motifs is 1. The molecule has 0 bridgehead atoms. The average molecular weight is 204 g/mol. The van der Waals surface area contributed by atoms with Gasteiger partial charge in [-0.3, -0.25) is 4.79 Å². The molecule has 0 aliphatic heterocycles. The van der Waals surface area contributed by atoms with Crippen molar-refractivity contribution in [2.75, 3.05) is 0 Å². The van der Waals surface area contributed by atoms with Crippen molar-refractivity contribution in [3.63, 3.8) is 0 Å². The summed E-state index contributed by atoms with van der Waals surface area (Å²) in [5.74, 6) is 0. The Labute approximate surface area is 86.6 Å². The molecule has 78 valence electrons. The van der Waals surface area contributed by atoms with E-state index in [0.29, 0.717) is 11.2 Å². The third kappa shape index (κ3) is 1.76. The maximum absolute atomic E-state index is 11.2. The monoisotopic (exact) mass is 204 g/mol. The molecule has 0 unspecified atom stereocenters. The lowest BCUT2D eigenvalue weighted by Gasteiger charge is -2.06. The predicted octanol–water partition coefficient (Wildman–Crippen LogP) is 1.28. The van der Waals surface area contributed by atoms with Crippen LogP contribution in [0.1, 0.15) is 24.3 Å². The molecule has 0 aliphatic carbocycles. The number of nitrogens with zero attached hydrogens (tertiary/aromatic N) is 1. The summed E-state index contributed by atoms with van der Waals surface area (Å²) >= 11 is 0. The van der Waals surface area contributed by atoms with E-state index in [4.69, 9.17) is 0 Å². The SMILES string of the molecule is Cc1cc(=O)[nH]c2ccc([C@H](C)O)nc12. The van der Waals surface area contributed by atoms with Crippen molar-refractivity contribution in [2.45, 2.75) is 20.0 Å². The minimum absolute atomic E-state index is 0.133. The lowest BCUT2D eigenvalue weighted by Crippen LogP contribution is -2.06. The van der Waals surface area contributed by atoms with E-state index >= 15 is 0 Å². The molecule has 2 aromatic heterocycles. The molecule has 2 heterocycles. The van der Waals surface area contributed by atoms with Gasteiger partial charge in [-0.15, -0.1) is 0 Å². The molecule has 0 amide bonds. The summed E-state index contributed by atoms with van der Waals surface area (Å²) in [4.78, 5) is 18.2. The highest BCUT2D eigenvalue weighted by atomic mass is 16.3. The summed E-state index contributed by atoms with van der Waals surface area (Å²) in [7, 11) is 0. The van der Waals surface area contributed by atoms with Crippen molar-refractivity contribution in [3.8, 4) is 0 Å². The number of hydrogen-bond donors (Lipinski definition) is 2. The van der Waals surface area contributed by atoms with Gasteiger partial charge in [0.2, 0.25) is 5.56 Å². The molecule has 4 heteroatoms. The zero-order valence-electron chi connectivity index (χ0n) is 8.61. The number of pyridine rings is 2. The van der Waals surface area contributed by atoms with Crippen LogP contribution in [0.2, 0.25) is 0 Å². The van der Waals surface area contributed by atoms with E-state index in [0.717, 1.165) is 11.1 Å². The smallest absolute Gasteiger partial charge is 0.248 e. The van der Waals surface area contributed by atoms with Crippen LogP contribution in [0.15, 0.2) is 23.0 Å². The number of aliphatic hydroxyl groups excluding tert-OH is 1. The fourth-order valence-corrected chi connectivity index (χ4v) is 1.54. The van der Waals surface area contributed by atoms with Gasteiger partial charge in [-0.05, 0) is 31.5 Å². The van der Waals surface area contributed by atoms with Crippen LogP contribution in [-0.2, 0) is 0 Å². The van der Waals surface area contributed by atoms with Gasteiger partial charge in [0, 0.05) is 6.07 Å². The van der Waals surface area contributed by atoms with Crippen LogP contribution in [0, 0.1) is 6.92 Å². The lowest BCUT2D eigenvalue weighted by molar-refractivity contribution is 0.195. The molecular formula is C11H12N2O2. The van der Waals surface area contributed by atoms with Crippen molar-refractivity contribution in [3.05, 3.63) is 39.8 Å². The molecule has 1 atom stereocenters. The molecule has 4 nitrogen and oxygen atoms in total. The van der Waals surface area contributed by atoms with Gasteiger partial charge in [-0.25, -0.2) is 4.98 Å². The van der Waals surface area contributed by atoms with E-state index in [2.05, 4.69) is 9.97 Å². The number of aromatic nitrogens is 2. The van der Waals surface area contributed by atoms with E-state index in [1.165, 1.54) is 6.07 Å². The maximum atomic E-state index is 11.2. The van der Waals surface area contributed by atoms with Crippen LogP contribution in [0.25, 0.3) is 11.0 Å². The summed E-state index contributed by atoms with van der Waals surface area (Å²) in [6.45, 7) is 3.49. The number of aryl methyl sites for hydroxylation is 1. The minimum Gasteiger partial charge on any atom is -0.387 e. The summed E-state index contributed by atoms with van der Waals surface area (Å²) in [5.41, 5.74) is 2.72. The van der Waals surface area contributed by atoms with Crippen LogP contribution in [0.3, 0.4) is 0 Å². The molecule has 0 aromatic carbocycles. The van der Waals surface area contributed by atoms with Crippen LogP contribution >= 0.6 is 0 Å². The first kappa shape index (κ1) is 9.86. The molecule has 0 aliphatic rings. The highest BCUT2D eigenvalue weighted by molar-refractivity contribution is 5.77. The molecule has 2 aromatic rings. The topological polar surface area (TPSA) is 66.0 Å². The first-order valence-electron chi connectivity index (χ1n) is 4.76. The second-order valence-corrected chi connectivity index (χ2v) is 3.62. The number of rotatable bonds is 1. The summed E-state index contributed by atoms with van der Waals surface area (Å²) in [6, 6.07) is 4.97. The van der Waals surface area contributed by atoms with Crippen molar-refractivity contribution < 1.29 is 5.11 Å². The van der Waals surface area contributed by atoms with Crippen molar-refractivity contribution in [1.82, 2.24) is 9.97 Å². The lowest BCUT2D eigenvalue weighted by atomic mass is 10.2. The van der Waals surface area contributed by atoms with E-state index in [-0.39, 0.29) is 5.56 Å². The quantitative estimate of drug-likeness (QED) is 0.735. The Morgan fingerprint density at radius 3 is 2.87 bits per heavy atom. The van der Waals surface area contributed by atoms with E-state index in [9.17, 15) is 9.90 Å². The Morgan fingerprint density at radius 2 is 2.20 bits per heavy atom. The third-order valence-electron chi connectivity index (χ3n) is 2.32. The zero-order valence-corrected chi connectivity index (χ0v) is 8.61. The molecule has 0 saturated heterocycles. The van der Waals surface area contributed by atoms with Gasteiger partial charge >= 0.3 is 0 Å². The van der Waals surface area contributed by atoms with Crippen molar-refractivity contribution in [2.24, 2.45) is 0 Å². The summed E-state index contributed by atoms with van der Waals surface area (Å²) in [5, 5.41) is 9.39. The van der Waals surface area contributed by atoms with Crippen molar-refractivity contribution in [1.29, 1.82) is 0 Å². The Bertz CT molecular complexity index is 558. The molecule has 0 fully saturated rings. The number of H-pyrrole nitrogens is 1. The summed E-state index contributed by atoms with van der Waals surface area (Å²) in [6.07, 6.45) is -0.597. The average Bonchev–Trinajstić information content (AvgIpc) is 2.16. The number of aromatic amines is 1. The van der Waals surface area contributed by atoms with Crippen LogP contribution in [0.5, 0.6) is 0 Å². The second kappa shape index (κ2) is 3.47. The molecular weight excluding hydrogens is 192 g/mol. The molecule has 2 N–H and O–H groups in total. The standard InChI is InChI=1S/C11H12N2O2/c1-6-5-10(15)12-9-4-3-8(7(2)14)13-11(6)9/h3-5,7,14H,1-2H3,(H,12,15)/t7-/m0/s1. The molecule has 0 radical (unpaired) electrons. The Kier molecular flexibility index (Phi) is 2.28. The first-order valence-corrected chi connectivity index (χ1v) is 4.76. The fraction of sp³-hybridized carbons (Fsp3) is 0.273. The van der Waals surface area contributed by atoms with Crippen LogP contribution < -0.4 is 5.56 Å². The van der Waals surface area contributed by atoms with E-state index in [1.54, 1.807) is 19.1 Å². The Hall–Kier alpha value is -1.68. The fourth-order valence-electron chi connectivity index (χ4n) is 1.54. The van der Waals surface area contributed by atoms with Gasteiger partial charge in [0.1, 0.15) is 0 Å². The highest BCUT2D eigenvalue weighted by Gasteiger charge is 2.06. The number of aliphatic hydroxyl groups is 1. The van der Waals surface area contributed by atoms with Gasteiger partial charge in [0.25, 0.3) is 0 Å². The molecule has 2 rings (SSSR count). The van der Waals surface area contributed by atoms with Gasteiger partial charge in [-0.2, -0.15) is 0 Å². The Morgan fingerprint density at radius 1 is 1.47 bits per heavy atom. The first-order chi connectivity index (χ1) is 7.08. The maximum Gasteiger partial charge on any atom is 0.248 e. The molecule has 15 heavy (non-hydrogen) atoms. The molecule has 0 spiro atoms. The predicted molar refractivity (Wildman–Crippen MR) is 57.7 cm³/mol. The molecule has 0 saturated carbocycles. The summed E-state index contributed by atoms with van der Waals surface area (Å²) < 4.78 is 0. The second-order valence-electron chi connectivity index (χ2n) is 3.62. The van der Waals surface area contributed by atoms with Crippen LogP contribution in [-0.4, -0.2) is 15.1 Å².